The van der Waals surface area contributed by atoms with Crippen LogP contribution in [0.25, 0.3) is 0 Å². The van der Waals surface area contributed by atoms with Gasteiger partial charge in [0.25, 0.3) is 0 Å². The standard InChI is InChI=1S/C20H33ClN4/c1-5-12-25-13-10-18(11-14-25)24-19(22-4)23-15-20(2,3)16-6-8-17(21)9-7-16/h6-9,18H,5,10-15H2,1-4H3,(H2,22,23,24). The number of halogens is 1. The van der Waals surface area contributed by atoms with Crippen LogP contribution >= 0.6 is 11.6 Å². The molecule has 25 heavy (non-hydrogen) atoms. The molecule has 1 aliphatic heterocycles. The number of hydrogen-bond donors (Lipinski definition) is 2. The molecule has 1 aromatic rings. The van der Waals surface area contributed by atoms with E-state index in [1.807, 2.05) is 19.2 Å². The summed E-state index contributed by atoms with van der Waals surface area (Å²) in [7, 11) is 1.84. The molecule has 1 aliphatic rings. The smallest absolute Gasteiger partial charge is 0.191 e. The van der Waals surface area contributed by atoms with Crippen molar-refractivity contribution in [1.29, 1.82) is 0 Å². The largest absolute Gasteiger partial charge is 0.356 e. The summed E-state index contributed by atoms with van der Waals surface area (Å²) < 4.78 is 0. The molecule has 0 amide bonds. The number of hydrogen-bond acceptors (Lipinski definition) is 2. The number of benzene rings is 1. The van der Waals surface area contributed by atoms with Gasteiger partial charge >= 0.3 is 0 Å². The first-order valence-electron chi connectivity index (χ1n) is 9.40. The van der Waals surface area contributed by atoms with Crippen LogP contribution in [0.3, 0.4) is 0 Å². The molecule has 1 saturated heterocycles. The van der Waals surface area contributed by atoms with E-state index in [1.165, 1.54) is 44.5 Å². The number of piperidine rings is 1. The van der Waals surface area contributed by atoms with Gasteiger partial charge in [-0.2, -0.15) is 0 Å². The van der Waals surface area contributed by atoms with Gasteiger partial charge in [0.15, 0.2) is 5.96 Å². The van der Waals surface area contributed by atoms with Crippen molar-refractivity contribution >= 4 is 17.6 Å². The van der Waals surface area contributed by atoms with Gasteiger partial charge in [-0.25, -0.2) is 0 Å². The molecule has 1 aromatic carbocycles. The first-order valence-corrected chi connectivity index (χ1v) is 9.78. The monoisotopic (exact) mass is 364 g/mol. The molecule has 0 aliphatic carbocycles. The van der Waals surface area contributed by atoms with Crippen LogP contribution in [0.5, 0.6) is 0 Å². The zero-order valence-electron chi connectivity index (χ0n) is 16.1. The maximum atomic E-state index is 6.00. The van der Waals surface area contributed by atoms with Gasteiger partial charge in [0, 0.05) is 43.2 Å². The molecule has 0 bridgehead atoms. The third kappa shape index (κ3) is 6.19. The highest BCUT2D eigenvalue weighted by atomic mass is 35.5. The zero-order chi connectivity index (χ0) is 18.3. The quantitative estimate of drug-likeness (QED) is 0.597. The molecule has 0 saturated carbocycles. The van der Waals surface area contributed by atoms with Gasteiger partial charge in [0.1, 0.15) is 0 Å². The number of aliphatic imine (C=N–C) groups is 1. The molecule has 0 radical (unpaired) electrons. The van der Waals surface area contributed by atoms with E-state index in [4.69, 9.17) is 11.6 Å². The zero-order valence-corrected chi connectivity index (χ0v) is 16.9. The molecule has 5 heteroatoms. The molecule has 1 fully saturated rings. The molecule has 2 N–H and O–H groups in total. The Morgan fingerprint density at radius 3 is 2.44 bits per heavy atom. The van der Waals surface area contributed by atoms with Gasteiger partial charge in [0.2, 0.25) is 0 Å². The Bertz CT molecular complexity index is 545. The number of nitrogens with one attached hydrogen (secondary N) is 2. The van der Waals surface area contributed by atoms with Crippen molar-refractivity contribution in [2.24, 2.45) is 4.99 Å². The highest BCUT2D eigenvalue weighted by Gasteiger charge is 2.23. The summed E-state index contributed by atoms with van der Waals surface area (Å²) >= 11 is 6.00. The maximum Gasteiger partial charge on any atom is 0.191 e. The first-order chi connectivity index (χ1) is 11.9. The summed E-state index contributed by atoms with van der Waals surface area (Å²) in [5.41, 5.74) is 1.28. The minimum Gasteiger partial charge on any atom is -0.356 e. The molecule has 0 spiro atoms. The predicted octanol–water partition coefficient (Wildman–Crippen LogP) is 3.66. The van der Waals surface area contributed by atoms with E-state index >= 15 is 0 Å². The van der Waals surface area contributed by atoms with Crippen molar-refractivity contribution in [1.82, 2.24) is 15.5 Å². The second kappa shape index (κ2) is 9.44. The van der Waals surface area contributed by atoms with Crippen LogP contribution < -0.4 is 10.6 Å². The number of guanidine groups is 1. The summed E-state index contributed by atoms with van der Waals surface area (Å²) in [6, 6.07) is 8.62. The predicted molar refractivity (Wildman–Crippen MR) is 109 cm³/mol. The second-order valence-corrected chi connectivity index (χ2v) is 8.01. The van der Waals surface area contributed by atoms with Crippen LogP contribution in [0, 0.1) is 0 Å². The highest BCUT2D eigenvalue weighted by molar-refractivity contribution is 6.30. The van der Waals surface area contributed by atoms with Gasteiger partial charge in [-0.1, -0.05) is 44.5 Å². The molecule has 2 rings (SSSR count). The Labute approximate surface area is 158 Å². The number of nitrogens with zero attached hydrogens (tertiary/aromatic N) is 2. The fourth-order valence-electron chi connectivity index (χ4n) is 3.31. The van der Waals surface area contributed by atoms with Crippen LogP contribution in [-0.4, -0.2) is 50.1 Å². The molecule has 140 valence electrons. The topological polar surface area (TPSA) is 39.7 Å². The van der Waals surface area contributed by atoms with E-state index in [-0.39, 0.29) is 5.41 Å². The van der Waals surface area contributed by atoms with E-state index in [2.05, 4.69) is 53.4 Å². The van der Waals surface area contributed by atoms with Crippen LogP contribution in [0.2, 0.25) is 5.02 Å². The van der Waals surface area contributed by atoms with Crippen LogP contribution in [0.1, 0.15) is 45.6 Å². The fourth-order valence-corrected chi connectivity index (χ4v) is 3.44. The van der Waals surface area contributed by atoms with E-state index in [0.29, 0.717) is 6.04 Å². The van der Waals surface area contributed by atoms with Crippen LogP contribution in [0.15, 0.2) is 29.3 Å². The lowest BCUT2D eigenvalue weighted by Gasteiger charge is -2.33. The van der Waals surface area contributed by atoms with Crippen molar-refractivity contribution in [3.05, 3.63) is 34.9 Å². The minimum absolute atomic E-state index is 0.00665. The Balaban J connectivity index is 1.83. The molecule has 1 heterocycles. The van der Waals surface area contributed by atoms with Gasteiger partial charge in [-0.15, -0.1) is 0 Å². The highest BCUT2D eigenvalue weighted by Crippen LogP contribution is 2.23. The lowest BCUT2D eigenvalue weighted by Crippen LogP contribution is -2.50. The third-order valence-corrected chi connectivity index (χ3v) is 5.27. The molecule has 0 atom stereocenters. The fraction of sp³-hybridized carbons (Fsp3) is 0.650. The van der Waals surface area contributed by atoms with Crippen molar-refractivity contribution in [3.63, 3.8) is 0 Å². The normalized spacial score (nSPS) is 17.6. The third-order valence-electron chi connectivity index (χ3n) is 5.02. The lowest BCUT2D eigenvalue weighted by molar-refractivity contribution is 0.206. The van der Waals surface area contributed by atoms with Crippen molar-refractivity contribution in [2.45, 2.75) is 51.5 Å². The lowest BCUT2D eigenvalue weighted by atomic mass is 9.85. The average Bonchev–Trinajstić information content (AvgIpc) is 2.60. The molecule has 0 aromatic heterocycles. The van der Waals surface area contributed by atoms with Gasteiger partial charge in [-0.05, 0) is 43.5 Å². The van der Waals surface area contributed by atoms with Crippen molar-refractivity contribution < 1.29 is 0 Å². The Kier molecular flexibility index (Phi) is 7.57. The van der Waals surface area contributed by atoms with Gasteiger partial charge in [-0.3, -0.25) is 4.99 Å². The van der Waals surface area contributed by atoms with Crippen molar-refractivity contribution in [3.8, 4) is 0 Å². The first kappa shape index (κ1) is 20.1. The summed E-state index contributed by atoms with van der Waals surface area (Å²) in [4.78, 5) is 6.96. The molecular formula is C20H33ClN4. The van der Waals surface area contributed by atoms with E-state index < -0.39 is 0 Å². The molecule has 4 nitrogen and oxygen atoms in total. The summed E-state index contributed by atoms with van der Waals surface area (Å²) in [5.74, 6) is 0.899. The van der Waals surface area contributed by atoms with Crippen molar-refractivity contribution in [2.75, 3.05) is 33.2 Å². The van der Waals surface area contributed by atoms with Crippen LogP contribution in [-0.2, 0) is 5.41 Å². The maximum absolute atomic E-state index is 6.00. The van der Waals surface area contributed by atoms with Gasteiger partial charge < -0.3 is 15.5 Å². The second-order valence-electron chi connectivity index (χ2n) is 7.58. The minimum atomic E-state index is 0.00665. The Morgan fingerprint density at radius 2 is 1.88 bits per heavy atom. The summed E-state index contributed by atoms with van der Waals surface area (Å²) in [6.45, 7) is 11.1. The summed E-state index contributed by atoms with van der Waals surface area (Å²) in [5, 5.41) is 7.87. The van der Waals surface area contributed by atoms with E-state index in [9.17, 15) is 0 Å². The molecular weight excluding hydrogens is 332 g/mol. The number of likely N-dealkylation sites (tertiary alicyclic amines) is 1. The average molecular weight is 365 g/mol. The van der Waals surface area contributed by atoms with Gasteiger partial charge in [0.05, 0.1) is 0 Å². The number of rotatable bonds is 6. The SMILES string of the molecule is CCCN1CCC(NC(=NC)NCC(C)(C)c2ccc(Cl)cc2)CC1. The Hall–Kier alpha value is -1.26. The Morgan fingerprint density at radius 1 is 1.24 bits per heavy atom. The van der Waals surface area contributed by atoms with Crippen LogP contribution in [0.4, 0.5) is 0 Å². The van der Waals surface area contributed by atoms with E-state index in [1.54, 1.807) is 0 Å². The van der Waals surface area contributed by atoms with E-state index in [0.717, 1.165) is 17.5 Å². The summed E-state index contributed by atoms with van der Waals surface area (Å²) in [6.07, 6.45) is 3.60. The molecule has 0 unspecified atom stereocenters.